The van der Waals surface area contributed by atoms with E-state index in [4.69, 9.17) is 4.74 Å². The molecular formula is C15H20N4O. The van der Waals surface area contributed by atoms with Gasteiger partial charge in [-0.2, -0.15) is 4.98 Å². The third kappa shape index (κ3) is 4.19. The molecule has 0 aromatic carbocycles. The SMILES string of the molecule is CCCOc1cc(NCc2ccncc2)nc(CC)n1. The molecule has 2 rings (SSSR count). The Balaban J connectivity index is 2.06. The lowest BCUT2D eigenvalue weighted by Gasteiger charge is -2.10. The second-order valence-corrected chi connectivity index (χ2v) is 4.42. The third-order valence-corrected chi connectivity index (χ3v) is 2.74. The Bertz CT molecular complexity index is 531. The van der Waals surface area contributed by atoms with E-state index in [1.165, 1.54) is 0 Å². The van der Waals surface area contributed by atoms with E-state index in [0.29, 0.717) is 19.0 Å². The Morgan fingerprint density at radius 3 is 2.65 bits per heavy atom. The second kappa shape index (κ2) is 7.43. The molecule has 2 heterocycles. The molecule has 5 heteroatoms. The molecule has 0 bridgehead atoms. The Kier molecular flexibility index (Phi) is 5.29. The number of hydrogen-bond acceptors (Lipinski definition) is 5. The van der Waals surface area contributed by atoms with Crippen LogP contribution < -0.4 is 10.1 Å². The number of aryl methyl sites for hydroxylation is 1. The molecule has 0 unspecified atom stereocenters. The summed E-state index contributed by atoms with van der Waals surface area (Å²) in [4.78, 5) is 12.8. The average Bonchev–Trinajstić information content (AvgIpc) is 2.51. The molecule has 5 nitrogen and oxygen atoms in total. The number of pyridine rings is 1. The molecule has 0 radical (unpaired) electrons. The van der Waals surface area contributed by atoms with Crippen molar-refractivity contribution in [3.8, 4) is 5.88 Å². The lowest BCUT2D eigenvalue weighted by molar-refractivity contribution is 0.304. The van der Waals surface area contributed by atoms with Gasteiger partial charge in [-0.15, -0.1) is 0 Å². The van der Waals surface area contributed by atoms with Crippen LogP contribution in [0.2, 0.25) is 0 Å². The van der Waals surface area contributed by atoms with Gasteiger partial charge in [-0.05, 0) is 24.1 Å². The average molecular weight is 272 g/mol. The monoisotopic (exact) mass is 272 g/mol. The van der Waals surface area contributed by atoms with Crippen LogP contribution in [0.4, 0.5) is 5.82 Å². The smallest absolute Gasteiger partial charge is 0.218 e. The molecule has 0 aliphatic rings. The maximum absolute atomic E-state index is 5.59. The summed E-state index contributed by atoms with van der Waals surface area (Å²) in [6.07, 6.45) is 5.31. The number of nitrogens with one attached hydrogen (secondary N) is 1. The minimum atomic E-state index is 0.635. The van der Waals surface area contributed by atoms with Crippen LogP contribution in [0.3, 0.4) is 0 Å². The molecule has 0 saturated carbocycles. The summed E-state index contributed by atoms with van der Waals surface area (Å²) >= 11 is 0. The van der Waals surface area contributed by atoms with Gasteiger partial charge in [-0.25, -0.2) is 4.98 Å². The second-order valence-electron chi connectivity index (χ2n) is 4.42. The first-order valence-corrected chi connectivity index (χ1v) is 6.95. The van der Waals surface area contributed by atoms with Gasteiger partial charge in [0.15, 0.2) is 0 Å². The Labute approximate surface area is 119 Å². The molecule has 20 heavy (non-hydrogen) atoms. The van der Waals surface area contributed by atoms with Gasteiger partial charge in [0.2, 0.25) is 5.88 Å². The largest absolute Gasteiger partial charge is 0.478 e. The van der Waals surface area contributed by atoms with Crippen molar-refractivity contribution in [1.82, 2.24) is 15.0 Å². The van der Waals surface area contributed by atoms with Crippen LogP contribution in [0, 0.1) is 0 Å². The van der Waals surface area contributed by atoms with Gasteiger partial charge in [0.25, 0.3) is 0 Å². The molecule has 1 N–H and O–H groups in total. The lowest BCUT2D eigenvalue weighted by atomic mass is 10.3. The first kappa shape index (κ1) is 14.2. The highest BCUT2D eigenvalue weighted by molar-refractivity contribution is 5.39. The summed E-state index contributed by atoms with van der Waals surface area (Å²) in [5, 5.41) is 3.29. The minimum Gasteiger partial charge on any atom is -0.478 e. The van der Waals surface area contributed by atoms with Crippen LogP contribution in [-0.4, -0.2) is 21.6 Å². The fraction of sp³-hybridized carbons (Fsp3) is 0.400. The van der Waals surface area contributed by atoms with Crippen molar-refractivity contribution in [2.75, 3.05) is 11.9 Å². The molecule has 0 saturated heterocycles. The Hall–Kier alpha value is -2.17. The van der Waals surface area contributed by atoms with E-state index in [0.717, 1.165) is 30.0 Å². The number of aromatic nitrogens is 3. The molecule has 0 aliphatic heterocycles. The molecule has 106 valence electrons. The predicted octanol–water partition coefficient (Wildman–Crippen LogP) is 2.83. The standard InChI is InChI=1S/C15H20N4O/c1-3-9-20-15-10-14(18-13(4-2)19-15)17-11-12-5-7-16-8-6-12/h5-8,10H,3-4,9,11H2,1-2H3,(H,17,18,19). The molecule has 2 aromatic heterocycles. The maximum Gasteiger partial charge on any atom is 0.218 e. The van der Waals surface area contributed by atoms with E-state index < -0.39 is 0 Å². The number of rotatable bonds is 7. The Morgan fingerprint density at radius 1 is 1.15 bits per heavy atom. The van der Waals surface area contributed by atoms with Gasteiger partial charge >= 0.3 is 0 Å². The highest BCUT2D eigenvalue weighted by Crippen LogP contribution is 2.15. The van der Waals surface area contributed by atoms with E-state index in [2.05, 4.69) is 27.2 Å². The number of nitrogens with zero attached hydrogens (tertiary/aromatic N) is 3. The molecule has 0 fully saturated rings. The van der Waals surface area contributed by atoms with Crippen LogP contribution in [-0.2, 0) is 13.0 Å². The zero-order valence-corrected chi connectivity index (χ0v) is 12.0. The first-order valence-electron chi connectivity index (χ1n) is 6.95. The van der Waals surface area contributed by atoms with Crippen molar-refractivity contribution in [3.63, 3.8) is 0 Å². The topological polar surface area (TPSA) is 59.9 Å². The van der Waals surface area contributed by atoms with Crippen LogP contribution >= 0.6 is 0 Å². The van der Waals surface area contributed by atoms with Crippen LogP contribution in [0.1, 0.15) is 31.7 Å². The van der Waals surface area contributed by atoms with Gasteiger partial charge in [0.05, 0.1) is 6.61 Å². The first-order chi connectivity index (χ1) is 9.81. The quantitative estimate of drug-likeness (QED) is 0.839. The molecule has 0 atom stereocenters. The number of hydrogen-bond donors (Lipinski definition) is 1. The number of anilines is 1. The fourth-order valence-electron chi connectivity index (χ4n) is 1.70. The van der Waals surface area contributed by atoms with Crippen LogP contribution in [0.5, 0.6) is 5.88 Å². The summed E-state index contributed by atoms with van der Waals surface area (Å²) in [5.74, 6) is 2.21. The number of ether oxygens (including phenoxy) is 1. The molecule has 0 amide bonds. The summed E-state index contributed by atoms with van der Waals surface area (Å²) in [6, 6.07) is 5.79. The maximum atomic E-state index is 5.59. The minimum absolute atomic E-state index is 0.635. The highest BCUT2D eigenvalue weighted by atomic mass is 16.5. The molecular weight excluding hydrogens is 252 g/mol. The fourth-order valence-corrected chi connectivity index (χ4v) is 1.70. The van der Waals surface area contributed by atoms with E-state index in [1.807, 2.05) is 25.1 Å². The summed E-state index contributed by atoms with van der Waals surface area (Å²) in [5.41, 5.74) is 1.16. The molecule has 0 spiro atoms. The van der Waals surface area contributed by atoms with E-state index in [9.17, 15) is 0 Å². The molecule has 0 aliphatic carbocycles. The zero-order valence-electron chi connectivity index (χ0n) is 12.0. The van der Waals surface area contributed by atoms with E-state index >= 15 is 0 Å². The van der Waals surface area contributed by atoms with Crippen molar-refractivity contribution in [2.45, 2.75) is 33.2 Å². The van der Waals surface area contributed by atoms with E-state index in [1.54, 1.807) is 12.4 Å². The summed E-state index contributed by atoms with van der Waals surface area (Å²) < 4.78 is 5.59. The molecule has 2 aromatic rings. The van der Waals surface area contributed by atoms with Crippen molar-refractivity contribution < 1.29 is 4.74 Å². The zero-order chi connectivity index (χ0) is 14.2. The summed E-state index contributed by atoms with van der Waals surface area (Å²) in [6.45, 7) is 5.48. The van der Waals surface area contributed by atoms with Crippen LogP contribution in [0.25, 0.3) is 0 Å². The summed E-state index contributed by atoms with van der Waals surface area (Å²) in [7, 11) is 0. The van der Waals surface area contributed by atoms with Gasteiger partial charge in [-0.3, -0.25) is 4.98 Å². The van der Waals surface area contributed by atoms with Crippen molar-refractivity contribution >= 4 is 5.82 Å². The van der Waals surface area contributed by atoms with Crippen molar-refractivity contribution in [1.29, 1.82) is 0 Å². The lowest BCUT2D eigenvalue weighted by Crippen LogP contribution is -2.06. The highest BCUT2D eigenvalue weighted by Gasteiger charge is 2.04. The predicted molar refractivity (Wildman–Crippen MR) is 78.8 cm³/mol. The van der Waals surface area contributed by atoms with E-state index in [-0.39, 0.29) is 0 Å². The van der Waals surface area contributed by atoms with Crippen LogP contribution in [0.15, 0.2) is 30.6 Å². The Morgan fingerprint density at radius 2 is 1.95 bits per heavy atom. The third-order valence-electron chi connectivity index (χ3n) is 2.74. The normalized spacial score (nSPS) is 10.3. The van der Waals surface area contributed by atoms with Gasteiger partial charge in [0, 0.05) is 31.4 Å². The van der Waals surface area contributed by atoms with Crippen molar-refractivity contribution in [2.24, 2.45) is 0 Å². The van der Waals surface area contributed by atoms with Gasteiger partial charge < -0.3 is 10.1 Å². The van der Waals surface area contributed by atoms with Crippen molar-refractivity contribution in [3.05, 3.63) is 42.0 Å². The van der Waals surface area contributed by atoms with Gasteiger partial charge in [-0.1, -0.05) is 13.8 Å². The van der Waals surface area contributed by atoms with Gasteiger partial charge in [0.1, 0.15) is 11.6 Å².